The van der Waals surface area contributed by atoms with Crippen molar-refractivity contribution in [1.29, 1.82) is 0 Å². The number of aromatic nitrogens is 2. The van der Waals surface area contributed by atoms with Crippen molar-refractivity contribution in [2.45, 2.75) is 19.9 Å². The summed E-state index contributed by atoms with van der Waals surface area (Å²) >= 11 is 0. The lowest BCUT2D eigenvalue weighted by Gasteiger charge is -2.14. The van der Waals surface area contributed by atoms with E-state index in [0.717, 1.165) is 23.2 Å². The van der Waals surface area contributed by atoms with Gasteiger partial charge in [0.25, 0.3) is 5.91 Å². The van der Waals surface area contributed by atoms with E-state index < -0.39 is 0 Å². The van der Waals surface area contributed by atoms with E-state index in [1.807, 2.05) is 6.92 Å². The zero-order valence-electron chi connectivity index (χ0n) is 13.9. The maximum atomic E-state index is 11.1. The molecular formula is C17H16N4O5. The first-order valence-corrected chi connectivity index (χ1v) is 7.36. The molecule has 0 bridgehead atoms. The monoisotopic (exact) mass is 356 g/mol. The zero-order chi connectivity index (χ0) is 19.5. The summed E-state index contributed by atoms with van der Waals surface area (Å²) in [5, 5.41) is 20.8. The van der Waals surface area contributed by atoms with Crippen molar-refractivity contribution in [3.05, 3.63) is 58.5 Å². The Morgan fingerprint density at radius 1 is 1.23 bits per heavy atom. The SMILES string of the molecule is O=C1NCCc2cc(O)cnc21.O=C=O.[C-]#[N+]Cc1cc(O)cnc1C. The molecule has 0 saturated carbocycles. The number of nitrogens with zero attached hydrogens (tertiary/aromatic N) is 3. The third-order valence-corrected chi connectivity index (χ3v) is 3.27. The third-order valence-electron chi connectivity index (χ3n) is 3.27. The molecule has 0 aromatic carbocycles. The van der Waals surface area contributed by atoms with Crippen LogP contribution >= 0.6 is 0 Å². The Labute approximate surface area is 149 Å². The molecule has 3 heterocycles. The molecule has 0 spiro atoms. The molecule has 0 fully saturated rings. The number of hydrogen-bond donors (Lipinski definition) is 3. The molecule has 0 saturated heterocycles. The highest BCUT2D eigenvalue weighted by Gasteiger charge is 2.17. The van der Waals surface area contributed by atoms with Gasteiger partial charge in [-0.05, 0) is 31.0 Å². The molecule has 134 valence electrons. The zero-order valence-corrected chi connectivity index (χ0v) is 13.9. The lowest BCUT2D eigenvalue weighted by molar-refractivity contribution is -0.191. The molecule has 3 rings (SSSR count). The summed E-state index contributed by atoms with van der Waals surface area (Å²) in [6.07, 6.45) is 3.65. The first-order chi connectivity index (χ1) is 12.4. The number of aromatic hydroxyl groups is 2. The highest BCUT2D eigenvalue weighted by molar-refractivity contribution is 5.94. The molecule has 1 aliphatic heterocycles. The number of pyridine rings is 2. The molecule has 9 heteroatoms. The van der Waals surface area contributed by atoms with Gasteiger partial charge < -0.3 is 20.4 Å². The van der Waals surface area contributed by atoms with E-state index in [-0.39, 0.29) is 30.1 Å². The van der Waals surface area contributed by atoms with Crippen LogP contribution in [0.15, 0.2) is 24.5 Å². The summed E-state index contributed by atoms with van der Waals surface area (Å²) in [4.78, 5) is 38.3. The number of hydrogen-bond acceptors (Lipinski definition) is 7. The average Bonchev–Trinajstić information content (AvgIpc) is 2.60. The standard InChI is InChI=1S/C8H8N2O2.C8H8N2O.CO2/c11-6-3-5-1-2-9-8(12)7(5)10-4-6;1-6-7(4-9-2)3-8(11)5-10-6;2-1-3/h3-4,11H,1-2H2,(H,9,12);3,5,11H,4H2,1H3;. The van der Waals surface area contributed by atoms with E-state index in [1.54, 1.807) is 12.1 Å². The van der Waals surface area contributed by atoms with Gasteiger partial charge in [-0.1, -0.05) is 0 Å². The number of carbonyl (C=O) groups is 1. The van der Waals surface area contributed by atoms with Crippen LogP contribution in [0.5, 0.6) is 11.5 Å². The van der Waals surface area contributed by atoms with E-state index in [4.69, 9.17) is 26.4 Å². The van der Waals surface area contributed by atoms with Gasteiger partial charge in [0, 0.05) is 12.2 Å². The van der Waals surface area contributed by atoms with Crippen LogP contribution in [0, 0.1) is 13.5 Å². The first kappa shape index (κ1) is 20.3. The maximum absolute atomic E-state index is 11.1. The average molecular weight is 356 g/mol. The Bertz CT molecular complexity index is 855. The summed E-state index contributed by atoms with van der Waals surface area (Å²) in [7, 11) is 0. The predicted octanol–water partition coefficient (Wildman–Crippen LogP) is 1.00. The number of nitrogens with one attached hydrogen (secondary N) is 1. The van der Waals surface area contributed by atoms with Gasteiger partial charge in [0.05, 0.1) is 18.0 Å². The van der Waals surface area contributed by atoms with E-state index in [9.17, 15) is 4.79 Å². The van der Waals surface area contributed by atoms with Crippen molar-refractivity contribution in [3.63, 3.8) is 0 Å². The van der Waals surface area contributed by atoms with E-state index in [0.29, 0.717) is 12.2 Å². The number of fused-ring (bicyclic) bond motifs is 1. The van der Waals surface area contributed by atoms with Crippen LogP contribution in [-0.4, -0.2) is 38.8 Å². The molecule has 1 amide bonds. The van der Waals surface area contributed by atoms with Gasteiger partial charge >= 0.3 is 6.15 Å². The Balaban J connectivity index is 0.000000227. The summed E-state index contributed by atoms with van der Waals surface area (Å²) < 4.78 is 0. The number of rotatable bonds is 1. The normalized spacial score (nSPS) is 11.2. The maximum Gasteiger partial charge on any atom is 0.373 e. The molecule has 2 aromatic heterocycles. The molecule has 0 radical (unpaired) electrons. The second-order valence-electron chi connectivity index (χ2n) is 5.04. The fourth-order valence-electron chi connectivity index (χ4n) is 2.10. The fraction of sp³-hybridized carbons (Fsp3) is 0.235. The first-order valence-electron chi connectivity index (χ1n) is 7.36. The summed E-state index contributed by atoms with van der Waals surface area (Å²) in [6, 6.07) is 3.15. The number of aryl methyl sites for hydroxylation is 1. The highest BCUT2D eigenvalue weighted by Crippen LogP contribution is 2.16. The molecule has 26 heavy (non-hydrogen) atoms. The van der Waals surface area contributed by atoms with Crippen LogP contribution in [0.2, 0.25) is 0 Å². The Hall–Kier alpha value is -3.76. The quantitative estimate of drug-likeness (QED) is 0.649. The molecule has 2 aromatic rings. The molecule has 0 aliphatic carbocycles. The van der Waals surface area contributed by atoms with Crippen molar-refractivity contribution in [1.82, 2.24) is 15.3 Å². The highest BCUT2D eigenvalue weighted by atomic mass is 16.3. The van der Waals surface area contributed by atoms with E-state index in [2.05, 4.69) is 20.1 Å². The van der Waals surface area contributed by atoms with Crippen LogP contribution < -0.4 is 5.32 Å². The Morgan fingerprint density at radius 3 is 2.50 bits per heavy atom. The predicted molar refractivity (Wildman–Crippen MR) is 87.9 cm³/mol. The van der Waals surface area contributed by atoms with Crippen molar-refractivity contribution < 1.29 is 24.6 Å². The summed E-state index contributed by atoms with van der Waals surface area (Å²) in [6.45, 7) is 9.35. The largest absolute Gasteiger partial charge is 0.506 e. The lowest BCUT2D eigenvalue weighted by atomic mass is 10.1. The van der Waals surface area contributed by atoms with E-state index in [1.165, 1.54) is 12.4 Å². The van der Waals surface area contributed by atoms with Crippen molar-refractivity contribution >= 4 is 12.1 Å². The van der Waals surface area contributed by atoms with Gasteiger partial charge in [0.2, 0.25) is 6.54 Å². The van der Waals surface area contributed by atoms with Crippen molar-refractivity contribution in [2.24, 2.45) is 0 Å². The summed E-state index contributed by atoms with van der Waals surface area (Å²) in [5.74, 6) is 0.0777. The topological polar surface area (TPSA) is 134 Å². The van der Waals surface area contributed by atoms with Crippen molar-refractivity contribution in [2.75, 3.05) is 6.54 Å². The molecule has 9 nitrogen and oxygen atoms in total. The fourth-order valence-corrected chi connectivity index (χ4v) is 2.10. The minimum atomic E-state index is -0.156. The van der Waals surface area contributed by atoms with Gasteiger partial charge in [-0.3, -0.25) is 9.78 Å². The lowest BCUT2D eigenvalue weighted by Crippen LogP contribution is -2.32. The number of carbonyl (C=O) groups excluding carboxylic acids is 3. The Kier molecular flexibility index (Phi) is 7.94. The van der Waals surface area contributed by atoms with Crippen LogP contribution in [0.4, 0.5) is 0 Å². The van der Waals surface area contributed by atoms with Gasteiger partial charge in [-0.25, -0.2) is 11.6 Å². The van der Waals surface area contributed by atoms with Gasteiger partial charge in [0.1, 0.15) is 17.2 Å². The molecular weight excluding hydrogens is 340 g/mol. The van der Waals surface area contributed by atoms with Crippen LogP contribution in [-0.2, 0) is 22.6 Å². The van der Waals surface area contributed by atoms with E-state index >= 15 is 0 Å². The Morgan fingerprint density at radius 2 is 1.85 bits per heavy atom. The molecule has 1 aliphatic rings. The minimum Gasteiger partial charge on any atom is -0.506 e. The minimum absolute atomic E-state index is 0.114. The third kappa shape index (κ3) is 6.03. The smallest absolute Gasteiger partial charge is 0.373 e. The molecule has 3 N–H and O–H groups in total. The van der Waals surface area contributed by atoms with Gasteiger partial charge in [-0.2, -0.15) is 9.59 Å². The molecule has 0 unspecified atom stereocenters. The number of amides is 1. The second kappa shape index (κ2) is 10.2. The summed E-state index contributed by atoms with van der Waals surface area (Å²) in [5.41, 5.74) is 2.84. The van der Waals surface area contributed by atoms with Crippen LogP contribution in [0.3, 0.4) is 0 Å². The van der Waals surface area contributed by atoms with Gasteiger partial charge in [-0.15, -0.1) is 0 Å². The second-order valence-corrected chi connectivity index (χ2v) is 5.04. The van der Waals surface area contributed by atoms with Crippen LogP contribution in [0.1, 0.15) is 27.3 Å². The van der Waals surface area contributed by atoms with Crippen LogP contribution in [0.25, 0.3) is 4.85 Å². The van der Waals surface area contributed by atoms with Crippen molar-refractivity contribution in [3.8, 4) is 11.5 Å². The van der Waals surface area contributed by atoms with Gasteiger partial charge in [0.15, 0.2) is 0 Å². The molecule has 0 atom stereocenters.